The van der Waals surface area contributed by atoms with Crippen molar-refractivity contribution in [1.29, 1.82) is 0 Å². The van der Waals surface area contributed by atoms with Crippen molar-refractivity contribution in [3.05, 3.63) is 71.8 Å². The lowest BCUT2D eigenvalue weighted by molar-refractivity contribution is 0.101. The second-order valence-electron chi connectivity index (χ2n) is 6.17. The molecule has 12 heteroatoms. The summed E-state index contributed by atoms with van der Waals surface area (Å²) in [6.07, 6.45) is 0. The Morgan fingerprint density at radius 3 is 1.47 bits per heavy atom. The summed E-state index contributed by atoms with van der Waals surface area (Å²) in [5.74, 6) is -0.775. The molecular weight excluding hydrogens is 420 g/mol. The van der Waals surface area contributed by atoms with Crippen LogP contribution in [0.3, 0.4) is 0 Å². The van der Waals surface area contributed by atoms with Crippen LogP contribution < -0.4 is 20.1 Å². The highest BCUT2D eigenvalue weighted by molar-refractivity contribution is 6.04. The monoisotopic (exact) mass is 436 g/mol. The molecule has 0 saturated heterocycles. The van der Waals surface area contributed by atoms with E-state index < -0.39 is 11.8 Å². The maximum absolute atomic E-state index is 12.2. The topological polar surface area (TPSA) is 154 Å². The van der Waals surface area contributed by atoms with Gasteiger partial charge < -0.3 is 9.47 Å². The summed E-state index contributed by atoms with van der Waals surface area (Å²) in [6, 6.07) is 17.1. The summed E-state index contributed by atoms with van der Waals surface area (Å²) < 4.78 is 20.1. The van der Waals surface area contributed by atoms with E-state index in [2.05, 4.69) is 40.5 Å². The minimum absolute atomic E-state index is 0.00134. The smallest absolute Gasteiger partial charge is 0.300 e. The molecule has 2 aromatic carbocycles. The Bertz CT molecular complexity index is 1080. The van der Waals surface area contributed by atoms with E-state index in [-0.39, 0.29) is 36.6 Å². The normalized spacial score (nSPS) is 10.4. The lowest BCUT2D eigenvalue weighted by atomic mass is 10.2. The summed E-state index contributed by atoms with van der Waals surface area (Å²) in [6.45, 7) is 0.00268. The van der Waals surface area contributed by atoms with Crippen molar-refractivity contribution >= 4 is 23.5 Å². The summed E-state index contributed by atoms with van der Waals surface area (Å²) >= 11 is 0. The van der Waals surface area contributed by atoms with Crippen molar-refractivity contribution < 1.29 is 28.3 Å². The molecule has 0 aliphatic heterocycles. The second kappa shape index (κ2) is 9.84. The molecule has 4 aromatic rings. The van der Waals surface area contributed by atoms with E-state index in [4.69, 9.17) is 9.47 Å². The highest BCUT2D eigenvalue weighted by Gasteiger charge is 2.18. The molecule has 0 bridgehead atoms. The van der Waals surface area contributed by atoms with Crippen LogP contribution in [0.2, 0.25) is 0 Å². The molecule has 2 N–H and O–H groups in total. The van der Waals surface area contributed by atoms with E-state index in [1.165, 1.54) is 0 Å². The molecule has 0 saturated carbocycles. The Labute approximate surface area is 180 Å². The number of hydrogen-bond acceptors (Lipinski definition) is 10. The first-order chi connectivity index (χ1) is 15.7. The van der Waals surface area contributed by atoms with Crippen LogP contribution in [0, 0.1) is 0 Å². The van der Waals surface area contributed by atoms with Crippen LogP contribution in [0.4, 0.5) is 11.6 Å². The van der Waals surface area contributed by atoms with Gasteiger partial charge in [-0.25, -0.2) is 9.26 Å². The van der Waals surface area contributed by atoms with E-state index in [9.17, 15) is 9.59 Å². The van der Waals surface area contributed by atoms with Gasteiger partial charge >= 0.3 is 11.8 Å². The first-order valence-corrected chi connectivity index (χ1v) is 9.34. The first-order valence-electron chi connectivity index (χ1n) is 9.34. The molecular formula is C20H16N6O6. The SMILES string of the molecule is O=C(Nc1nonc1OCCOc1nonc1NC(=O)c1ccccc1)c1ccccc1. The lowest BCUT2D eigenvalue weighted by Gasteiger charge is -2.06. The molecule has 0 radical (unpaired) electrons. The van der Waals surface area contributed by atoms with Gasteiger partial charge in [-0.2, -0.15) is 0 Å². The zero-order valence-corrected chi connectivity index (χ0v) is 16.4. The number of anilines is 2. The summed E-state index contributed by atoms with van der Waals surface area (Å²) in [5, 5.41) is 19.5. The highest BCUT2D eigenvalue weighted by atomic mass is 16.6. The predicted octanol–water partition coefficient (Wildman–Crippen LogP) is 2.42. The largest absolute Gasteiger partial charge is 0.469 e. The first kappa shape index (κ1) is 20.5. The molecule has 32 heavy (non-hydrogen) atoms. The average Bonchev–Trinajstić information content (AvgIpc) is 3.47. The minimum Gasteiger partial charge on any atom is -0.469 e. The zero-order chi connectivity index (χ0) is 22.2. The molecule has 2 amide bonds. The van der Waals surface area contributed by atoms with Crippen LogP contribution >= 0.6 is 0 Å². The van der Waals surface area contributed by atoms with Crippen molar-refractivity contribution in [3.8, 4) is 11.8 Å². The van der Waals surface area contributed by atoms with Gasteiger partial charge in [-0.05, 0) is 44.9 Å². The minimum atomic E-state index is -0.394. The van der Waals surface area contributed by atoms with E-state index in [1.54, 1.807) is 60.7 Å². The lowest BCUT2D eigenvalue weighted by Crippen LogP contribution is -2.15. The Hall–Kier alpha value is -4.74. The Kier molecular flexibility index (Phi) is 6.31. The van der Waals surface area contributed by atoms with Gasteiger partial charge in [0.1, 0.15) is 13.2 Å². The molecule has 0 aliphatic rings. The molecule has 0 fully saturated rings. The summed E-state index contributed by atoms with van der Waals surface area (Å²) in [5.41, 5.74) is 0.877. The number of aromatic nitrogens is 4. The summed E-state index contributed by atoms with van der Waals surface area (Å²) in [7, 11) is 0. The van der Waals surface area contributed by atoms with Crippen LogP contribution in [0.1, 0.15) is 20.7 Å². The number of hydrogen-bond donors (Lipinski definition) is 2. The van der Waals surface area contributed by atoms with E-state index in [0.717, 1.165) is 0 Å². The fourth-order valence-corrected chi connectivity index (χ4v) is 2.52. The van der Waals surface area contributed by atoms with Gasteiger partial charge in [-0.3, -0.25) is 20.2 Å². The number of rotatable bonds is 9. The van der Waals surface area contributed by atoms with Crippen molar-refractivity contribution in [2.75, 3.05) is 23.8 Å². The van der Waals surface area contributed by atoms with Crippen LogP contribution in [0.5, 0.6) is 11.8 Å². The molecule has 0 aliphatic carbocycles. The molecule has 2 aromatic heterocycles. The molecule has 162 valence electrons. The number of nitrogens with one attached hydrogen (secondary N) is 2. The number of benzene rings is 2. The van der Waals surface area contributed by atoms with E-state index in [0.29, 0.717) is 11.1 Å². The van der Waals surface area contributed by atoms with Crippen molar-refractivity contribution in [2.45, 2.75) is 0 Å². The van der Waals surface area contributed by atoms with Gasteiger partial charge in [-0.1, -0.05) is 36.4 Å². The third kappa shape index (κ3) is 5.05. The third-order valence-corrected chi connectivity index (χ3v) is 4.01. The van der Waals surface area contributed by atoms with Gasteiger partial charge in [-0.15, -0.1) is 0 Å². The van der Waals surface area contributed by atoms with Gasteiger partial charge in [0.2, 0.25) is 11.6 Å². The Morgan fingerprint density at radius 2 is 1.06 bits per heavy atom. The predicted molar refractivity (Wildman–Crippen MR) is 108 cm³/mol. The molecule has 0 spiro atoms. The Balaban J connectivity index is 1.27. The van der Waals surface area contributed by atoms with Gasteiger partial charge in [0.15, 0.2) is 0 Å². The number of amides is 2. The summed E-state index contributed by atoms with van der Waals surface area (Å²) in [4.78, 5) is 24.4. The van der Waals surface area contributed by atoms with Crippen molar-refractivity contribution in [3.63, 3.8) is 0 Å². The second-order valence-corrected chi connectivity index (χ2v) is 6.17. The molecule has 2 heterocycles. The average molecular weight is 436 g/mol. The third-order valence-electron chi connectivity index (χ3n) is 4.01. The quantitative estimate of drug-likeness (QED) is 0.374. The zero-order valence-electron chi connectivity index (χ0n) is 16.4. The van der Waals surface area contributed by atoms with Gasteiger partial charge in [0.25, 0.3) is 11.8 Å². The standard InChI is InChI=1S/C20H16N6O6/c27-17(13-7-3-1-4-8-13)21-15-19(25-31-23-15)29-11-12-30-20-16(24-32-26-20)22-18(28)14-9-5-2-6-10-14/h1-10H,11-12H2,(H,21,23,27)(H,22,24,28). The fourth-order valence-electron chi connectivity index (χ4n) is 2.52. The van der Waals surface area contributed by atoms with Crippen LogP contribution in [0.15, 0.2) is 69.9 Å². The Morgan fingerprint density at radius 1 is 0.656 bits per heavy atom. The van der Waals surface area contributed by atoms with Crippen molar-refractivity contribution in [2.24, 2.45) is 0 Å². The fraction of sp³-hybridized carbons (Fsp3) is 0.100. The van der Waals surface area contributed by atoms with E-state index in [1.807, 2.05) is 0 Å². The van der Waals surface area contributed by atoms with Gasteiger partial charge in [0.05, 0.1) is 0 Å². The highest BCUT2D eigenvalue weighted by Crippen LogP contribution is 2.21. The number of carbonyl (C=O) groups is 2. The molecule has 12 nitrogen and oxygen atoms in total. The number of carbonyl (C=O) groups excluding carboxylic acids is 2. The van der Waals surface area contributed by atoms with Crippen LogP contribution in [0.25, 0.3) is 0 Å². The van der Waals surface area contributed by atoms with Crippen LogP contribution in [-0.4, -0.2) is 45.7 Å². The molecule has 0 atom stereocenters. The maximum Gasteiger partial charge on any atom is 0.300 e. The van der Waals surface area contributed by atoms with Gasteiger partial charge in [0, 0.05) is 11.1 Å². The number of nitrogens with zero attached hydrogens (tertiary/aromatic N) is 4. The van der Waals surface area contributed by atoms with Crippen molar-refractivity contribution in [1.82, 2.24) is 20.6 Å². The van der Waals surface area contributed by atoms with E-state index >= 15 is 0 Å². The van der Waals surface area contributed by atoms with Crippen LogP contribution in [-0.2, 0) is 0 Å². The molecule has 4 rings (SSSR count). The number of ether oxygens (including phenoxy) is 2. The maximum atomic E-state index is 12.2. The molecule has 0 unspecified atom stereocenters.